The Morgan fingerprint density at radius 2 is 1.62 bits per heavy atom. The number of rotatable bonds is 0. The van der Waals surface area contributed by atoms with E-state index < -0.39 is 0 Å². The van der Waals surface area contributed by atoms with Gasteiger partial charge in [0.1, 0.15) is 0 Å². The quantitative estimate of drug-likeness (QED) is 0.594. The van der Waals surface area contributed by atoms with Crippen molar-refractivity contribution in [3.05, 3.63) is 11.1 Å². The molecule has 0 heterocycles. The lowest BCUT2D eigenvalue weighted by Gasteiger charge is -2.55. The highest BCUT2D eigenvalue weighted by atomic mass is 16.2. The molecule has 4 saturated carbocycles. The van der Waals surface area contributed by atoms with Crippen LogP contribution in [0.15, 0.2) is 11.1 Å². The second-order valence-electron chi connectivity index (χ2n) is 9.49. The van der Waals surface area contributed by atoms with Gasteiger partial charge in [0, 0.05) is 13.5 Å². The Bertz CT molecular complexity index is 591. The smallest absolute Gasteiger partial charge is 0.158 e. The van der Waals surface area contributed by atoms with Crippen LogP contribution in [0, 0.1) is 40.4 Å². The van der Waals surface area contributed by atoms with Crippen LogP contribution in [-0.2, 0) is 4.79 Å². The van der Waals surface area contributed by atoms with Gasteiger partial charge in [-0.15, -0.1) is 0 Å². The third-order valence-electron chi connectivity index (χ3n) is 9.35. The molecule has 0 saturated heterocycles. The monoisotopic (exact) mass is 360 g/mol. The summed E-state index contributed by atoms with van der Waals surface area (Å²) in [6, 6.07) is 0. The van der Waals surface area contributed by atoms with Crippen molar-refractivity contribution in [3.63, 3.8) is 0 Å². The van der Waals surface area contributed by atoms with Crippen molar-refractivity contribution < 1.29 is 9.90 Å². The van der Waals surface area contributed by atoms with E-state index in [0.717, 1.165) is 48.7 Å². The molecule has 1 spiro atoms. The summed E-state index contributed by atoms with van der Waals surface area (Å²) in [4.78, 5) is 12.1. The first-order chi connectivity index (χ1) is 12.5. The van der Waals surface area contributed by atoms with Gasteiger partial charge >= 0.3 is 0 Å². The van der Waals surface area contributed by atoms with Crippen molar-refractivity contribution >= 4 is 5.78 Å². The third-order valence-corrected chi connectivity index (χ3v) is 9.35. The van der Waals surface area contributed by atoms with E-state index in [9.17, 15) is 4.79 Å². The van der Waals surface area contributed by atoms with Gasteiger partial charge in [-0.2, -0.15) is 0 Å². The van der Waals surface area contributed by atoms with Gasteiger partial charge in [0.2, 0.25) is 0 Å². The van der Waals surface area contributed by atoms with Crippen LogP contribution < -0.4 is 0 Å². The van der Waals surface area contributed by atoms with Gasteiger partial charge in [0.15, 0.2) is 5.78 Å². The molecular weight excluding hydrogens is 320 g/mol. The van der Waals surface area contributed by atoms with E-state index in [2.05, 4.69) is 20.8 Å². The molecule has 4 fully saturated rings. The standard InChI is InChI=1S/C21H30O.C2H6.CH4O/c1-12-14-4-6-18-16(15(14)5-7-19(12)22)8-10-20(3)11-9-17-13(2)21(17,18)20;2*1-2/h13,15-18H,4-11H2,1-3H3;1-2H3;2H,1H3/t13?,15-,16?,17?,18?,20?,21?;;/m0../s1. The highest BCUT2D eigenvalue weighted by Gasteiger charge is 2.78. The van der Waals surface area contributed by atoms with Crippen LogP contribution in [0.25, 0.3) is 0 Å². The number of aliphatic hydroxyl groups excluding tert-OH is 1. The Labute approximate surface area is 160 Å². The molecule has 0 amide bonds. The molecule has 0 bridgehead atoms. The molecule has 148 valence electrons. The van der Waals surface area contributed by atoms with Crippen LogP contribution in [0.2, 0.25) is 0 Å². The molecule has 2 heteroatoms. The highest BCUT2D eigenvalue weighted by Crippen LogP contribution is 2.84. The van der Waals surface area contributed by atoms with E-state index in [4.69, 9.17) is 5.11 Å². The molecule has 5 aliphatic rings. The summed E-state index contributed by atoms with van der Waals surface area (Å²) in [6.07, 6.45) is 10.5. The molecule has 0 aromatic carbocycles. The Morgan fingerprint density at radius 3 is 2.27 bits per heavy atom. The summed E-state index contributed by atoms with van der Waals surface area (Å²) >= 11 is 0. The van der Waals surface area contributed by atoms with Gasteiger partial charge in [-0.1, -0.05) is 33.3 Å². The normalized spacial score (nSPS) is 48.0. The third kappa shape index (κ3) is 2.36. The van der Waals surface area contributed by atoms with E-state index in [1.54, 1.807) is 5.57 Å². The molecule has 0 aromatic rings. The molecule has 1 N–H and O–H groups in total. The van der Waals surface area contributed by atoms with Crippen molar-refractivity contribution in [2.24, 2.45) is 40.4 Å². The largest absolute Gasteiger partial charge is 0.400 e. The number of carbonyl (C=O) groups is 1. The van der Waals surface area contributed by atoms with Crippen LogP contribution >= 0.6 is 0 Å². The lowest BCUT2D eigenvalue weighted by molar-refractivity contribution is -0.117. The predicted molar refractivity (Wildman–Crippen MR) is 108 cm³/mol. The summed E-state index contributed by atoms with van der Waals surface area (Å²) in [6.45, 7) is 11.3. The maximum Gasteiger partial charge on any atom is 0.158 e. The highest BCUT2D eigenvalue weighted by molar-refractivity contribution is 5.96. The minimum absolute atomic E-state index is 0.446. The van der Waals surface area contributed by atoms with Gasteiger partial charge in [-0.3, -0.25) is 4.79 Å². The van der Waals surface area contributed by atoms with Crippen molar-refractivity contribution in [3.8, 4) is 0 Å². The van der Waals surface area contributed by atoms with E-state index >= 15 is 0 Å². The minimum Gasteiger partial charge on any atom is -0.400 e. The zero-order valence-electron chi connectivity index (χ0n) is 17.9. The van der Waals surface area contributed by atoms with Gasteiger partial charge in [-0.25, -0.2) is 0 Å². The van der Waals surface area contributed by atoms with Gasteiger partial charge < -0.3 is 5.11 Å². The van der Waals surface area contributed by atoms with Gasteiger partial charge in [-0.05, 0) is 97.9 Å². The average molecular weight is 361 g/mol. The van der Waals surface area contributed by atoms with Crippen molar-refractivity contribution in [1.29, 1.82) is 0 Å². The summed E-state index contributed by atoms with van der Waals surface area (Å²) in [5.41, 5.74) is 4.10. The summed E-state index contributed by atoms with van der Waals surface area (Å²) in [7, 11) is 1.00. The molecule has 7 atom stereocenters. The SMILES string of the molecule is CC.CC1=C2CCC3C(CCC4(C)CCC5C(C)C354)[C@H]2CCC1=O.CO. The van der Waals surface area contributed by atoms with Crippen LogP contribution in [0.1, 0.15) is 86.0 Å². The number of hydrogen-bond donors (Lipinski definition) is 1. The Hall–Kier alpha value is -0.630. The topological polar surface area (TPSA) is 37.3 Å². The first-order valence-corrected chi connectivity index (χ1v) is 11.2. The zero-order chi connectivity index (χ0) is 19.3. The molecule has 26 heavy (non-hydrogen) atoms. The molecule has 0 aromatic heterocycles. The zero-order valence-corrected chi connectivity index (χ0v) is 17.9. The Balaban J connectivity index is 0.000000461. The lowest BCUT2D eigenvalue weighted by Crippen LogP contribution is -2.48. The number of aliphatic hydroxyl groups is 1. The Kier molecular flexibility index (Phi) is 5.47. The van der Waals surface area contributed by atoms with E-state index in [1.165, 1.54) is 44.9 Å². The number of carbonyl (C=O) groups excluding carboxylic acids is 1. The maximum atomic E-state index is 12.1. The second-order valence-corrected chi connectivity index (χ2v) is 9.49. The molecule has 5 rings (SSSR count). The van der Waals surface area contributed by atoms with E-state index in [0.29, 0.717) is 16.6 Å². The molecule has 6 unspecified atom stereocenters. The molecule has 0 aliphatic heterocycles. The number of ketones is 1. The van der Waals surface area contributed by atoms with Crippen molar-refractivity contribution in [2.75, 3.05) is 7.11 Å². The molecule has 5 aliphatic carbocycles. The second kappa shape index (κ2) is 7.08. The van der Waals surface area contributed by atoms with Crippen LogP contribution in [0.5, 0.6) is 0 Å². The number of allylic oxidation sites excluding steroid dienone is 1. The molecule has 2 nitrogen and oxygen atoms in total. The van der Waals surface area contributed by atoms with Crippen LogP contribution in [-0.4, -0.2) is 18.0 Å². The number of Topliss-reactive ketones (excluding diaryl/α,β-unsaturated/α-hetero) is 1. The minimum atomic E-state index is 0.446. The van der Waals surface area contributed by atoms with E-state index in [1.807, 2.05) is 13.8 Å². The first kappa shape index (κ1) is 20.1. The van der Waals surface area contributed by atoms with E-state index in [-0.39, 0.29) is 0 Å². The molecule has 0 radical (unpaired) electrons. The maximum absolute atomic E-state index is 12.1. The first-order valence-electron chi connectivity index (χ1n) is 11.2. The number of hydrogen-bond acceptors (Lipinski definition) is 2. The lowest BCUT2D eigenvalue weighted by atomic mass is 9.49. The Morgan fingerprint density at radius 1 is 0.962 bits per heavy atom. The van der Waals surface area contributed by atoms with Crippen LogP contribution in [0.4, 0.5) is 0 Å². The van der Waals surface area contributed by atoms with Crippen molar-refractivity contribution in [2.45, 2.75) is 86.0 Å². The summed E-state index contributed by atoms with van der Waals surface area (Å²) < 4.78 is 0. The number of fused-ring (bicyclic) bond motifs is 3. The van der Waals surface area contributed by atoms with Gasteiger partial charge in [0.05, 0.1) is 0 Å². The fourth-order valence-corrected chi connectivity index (χ4v) is 8.49. The molecular formula is C24H40O2. The fourth-order valence-electron chi connectivity index (χ4n) is 8.49. The average Bonchev–Trinajstić information content (AvgIpc) is 3.12. The van der Waals surface area contributed by atoms with Crippen LogP contribution in [0.3, 0.4) is 0 Å². The predicted octanol–water partition coefficient (Wildman–Crippen LogP) is 5.79. The van der Waals surface area contributed by atoms with Crippen molar-refractivity contribution in [1.82, 2.24) is 0 Å². The summed E-state index contributed by atoms with van der Waals surface area (Å²) in [5, 5.41) is 7.00. The fraction of sp³-hybridized carbons (Fsp3) is 0.875. The van der Waals surface area contributed by atoms with Gasteiger partial charge in [0.25, 0.3) is 0 Å². The summed E-state index contributed by atoms with van der Waals surface area (Å²) in [5.74, 6) is 5.12.